The molecular formula is C15H22N6O2. The minimum atomic E-state index is -0.0130. The predicted octanol–water partition coefficient (Wildman–Crippen LogP) is -0.0710. The van der Waals surface area contributed by atoms with Gasteiger partial charge in [-0.2, -0.15) is 0 Å². The van der Waals surface area contributed by atoms with Crippen LogP contribution in [0.3, 0.4) is 0 Å². The molecule has 124 valence electrons. The zero-order valence-electron chi connectivity index (χ0n) is 13.3. The van der Waals surface area contributed by atoms with E-state index in [1.54, 1.807) is 23.5 Å². The number of nitrogens with one attached hydrogen (secondary N) is 1. The Bertz CT molecular complexity index is 566. The maximum Gasteiger partial charge on any atom is 0.317 e. The molecule has 3 amide bonds. The van der Waals surface area contributed by atoms with E-state index in [9.17, 15) is 9.59 Å². The molecule has 0 aromatic carbocycles. The number of anilines is 1. The summed E-state index contributed by atoms with van der Waals surface area (Å²) in [5.41, 5.74) is 0. The first-order chi connectivity index (χ1) is 11.1. The summed E-state index contributed by atoms with van der Waals surface area (Å²) in [4.78, 5) is 38.1. The minimum absolute atomic E-state index is 0.0130. The van der Waals surface area contributed by atoms with Crippen molar-refractivity contribution in [2.75, 3.05) is 44.7 Å². The lowest BCUT2D eigenvalue weighted by Crippen LogP contribution is -2.52. The molecule has 1 aromatic heterocycles. The molecular weight excluding hydrogens is 296 g/mol. The van der Waals surface area contributed by atoms with Crippen molar-refractivity contribution in [2.24, 2.45) is 0 Å². The normalized spacial score (nSPS) is 21.3. The largest absolute Gasteiger partial charge is 0.349 e. The van der Waals surface area contributed by atoms with E-state index in [2.05, 4.69) is 15.3 Å². The van der Waals surface area contributed by atoms with Crippen molar-refractivity contribution in [3.63, 3.8) is 0 Å². The number of aromatic nitrogens is 2. The molecule has 0 saturated carbocycles. The van der Waals surface area contributed by atoms with Crippen LogP contribution in [0.25, 0.3) is 0 Å². The highest BCUT2D eigenvalue weighted by Gasteiger charge is 2.32. The molecule has 3 rings (SSSR count). The molecule has 2 saturated heterocycles. The Hall–Kier alpha value is -2.38. The third-order valence-corrected chi connectivity index (χ3v) is 4.39. The van der Waals surface area contributed by atoms with Crippen molar-refractivity contribution in [3.8, 4) is 0 Å². The average Bonchev–Trinajstić information content (AvgIpc) is 3.02. The molecule has 0 bridgehead atoms. The number of rotatable bonds is 4. The molecule has 3 heterocycles. The van der Waals surface area contributed by atoms with Gasteiger partial charge >= 0.3 is 6.03 Å². The number of carbonyl (C=O) groups excluding carboxylic acids is 2. The number of hydrogen-bond acceptors (Lipinski definition) is 5. The van der Waals surface area contributed by atoms with Gasteiger partial charge in [0.05, 0.1) is 18.8 Å². The van der Waals surface area contributed by atoms with Gasteiger partial charge in [-0.25, -0.2) is 9.78 Å². The SMILES string of the molecule is CN(CC(=O)N1CCC[C@@H](N2CCNC2=O)C1)c1cnccn1. The molecule has 1 N–H and O–H groups in total. The fourth-order valence-electron chi connectivity index (χ4n) is 3.14. The van der Waals surface area contributed by atoms with Crippen LogP contribution in [-0.2, 0) is 4.79 Å². The molecule has 0 spiro atoms. The number of amides is 3. The Balaban J connectivity index is 1.57. The first kappa shape index (κ1) is 15.5. The number of piperidine rings is 1. The van der Waals surface area contributed by atoms with E-state index >= 15 is 0 Å². The van der Waals surface area contributed by atoms with Gasteiger partial charge in [-0.1, -0.05) is 0 Å². The summed E-state index contributed by atoms with van der Waals surface area (Å²) in [6.45, 7) is 3.04. The maximum atomic E-state index is 12.5. The average molecular weight is 318 g/mol. The zero-order chi connectivity index (χ0) is 16.2. The van der Waals surface area contributed by atoms with Gasteiger partial charge in [-0.05, 0) is 12.8 Å². The summed E-state index contributed by atoms with van der Waals surface area (Å²) in [5, 5.41) is 2.82. The molecule has 2 aliphatic rings. The van der Waals surface area contributed by atoms with Crippen LogP contribution < -0.4 is 10.2 Å². The topological polar surface area (TPSA) is 81.7 Å². The van der Waals surface area contributed by atoms with Crippen molar-refractivity contribution in [1.82, 2.24) is 25.1 Å². The summed E-state index contributed by atoms with van der Waals surface area (Å²) in [5.74, 6) is 0.732. The van der Waals surface area contributed by atoms with Gasteiger partial charge in [-0.15, -0.1) is 0 Å². The summed E-state index contributed by atoms with van der Waals surface area (Å²) in [6.07, 6.45) is 6.74. The molecule has 1 aromatic rings. The molecule has 23 heavy (non-hydrogen) atoms. The fourth-order valence-corrected chi connectivity index (χ4v) is 3.14. The second kappa shape index (κ2) is 6.80. The van der Waals surface area contributed by atoms with E-state index < -0.39 is 0 Å². The van der Waals surface area contributed by atoms with Crippen LogP contribution in [0.2, 0.25) is 0 Å². The van der Waals surface area contributed by atoms with Crippen molar-refractivity contribution in [2.45, 2.75) is 18.9 Å². The summed E-state index contributed by atoms with van der Waals surface area (Å²) in [7, 11) is 1.83. The molecule has 1 atom stereocenters. The summed E-state index contributed by atoms with van der Waals surface area (Å²) in [6, 6.07) is 0.109. The molecule has 0 radical (unpaired) electrons. The van der Waals surface area contributed by atoms with E-state index in [1.165, 1.54) is 0 Å². The fraction of sp³-hybridized carbons (Fsp3) is 0.600. The maximum absolute atomic E-state index is 12.5. The Morgan fingerprint density at radius 3 is 3.00 bits per heavy atom. The monoisotopic (exact) mass is 318 g/mol. The minimum Gasteiger partial charge on any atom is -0.349 e. The summed E-state index contributed by atoms with van der Waals surface area (Å²) >= 11 is 0. The Morgan fingerprint density at radius 2 is 2.30 bits per heavy atom. The van der Waals surface area contributed by atoms with Crippen molar-refractivity contribution >= 4 is 17.8 Å². The van der Waals surface area contributed by atoms with Crippen LogP contribution >= 0.6 is 0 Å². The van der Waals surface area contributed by atoms with Gasteiger partial charge in [0.1, 0.15) is 5.82 Å². The highest BCUT2D eigenvalue weighted by atomic mass is 16.2. The number of urea groups is 1. The molecule has 2 fully saturated rings. The van der Waals surface area contributed by atoms with E-state index in [4.69, 9.17) is 0 Å². The van der Waals surface area contributed by atoms with Crippen LogP contribution in [0.1, 0.15) is 12.8 Å². The lowest BCUT2D eigenvalue weighted by Gasteiger charge is -2.37. The van der Waals surface area contributed by atoms with Gasteiger partial charge in [-0.3, -0.25) is 9.78 Å². The van der Waals surface area contributed by atoms with Gasteiger partial charge in [0.2, 0.25) is 5.91 Å². The van der Waals surface area contributed by atoms with Crippen LogP contribution in [0.5, 0.6) is 0 Å². The van der Waals surface area contributed by atoms with E-state index in [0.717, 1.165) is 25.9 Å². The molecule has 0 unspecified atom stereocenters. The Labute approximate surface area is 135 Å². The Morgan fingerprint density at radius 1 is 1.43 bits per heavy atom. The van der Waals surface area contributed by atoms with Crippen molar-refractivity contribution in [1.29, 1.82) is 0 Å². The molecule has 0 aliphatic carbocycles. The smallest absolute Gasteiger partial charge is 0.317 e. The highest BCUT2D eigenvalue weighted by Crippen LogP contribution is 2.18. The number of nitrogens with zero attached hydrogens (tertiary/aromatic N) is 5. The van der Waals surface area contributed by atoms with E-state index in [1.807, 2.05) is 16.8 Å². The summed E-state index contributed by atoms with van der Waals surface area (Å²) < 4.78 is 0. The molecule has 2 aliphatic heterocycles. The van der Waals surface area contributed by atoms with Gasteiger partial charge in [0.15, 0.2) is 0 Å². The van der Waals surface area contributed by atoms with Gasteiger partial charge in [0, 0.05) is 45.6 Å². The second-order valence-electron chi connectivity index (χ2n) is 5.98. The molecule has 8 nitrogen and oxygen atoms in total. The third-order valence-electron chi connectivity index (χ3n) is 4.39. The Kier molecular flexibility index (Phi) is 4.59. The van der Waals surface area contributed by atoms with Crippen LogP contribution in [0.4, 0.5) is 10.6 Å². The van der Waals surface area contributed by atoms with Crippen LogP contribution in [-0.4, -0.2) is 77.5 Å². The van der Waals surface area contributed by atoms with Crippen molar-refractivity contribution in [3.05, 3.63) is 18.6 Å². The van der Waals surface area contributed by atoms with Crippen LogP contribution in [0.15, 0.2) is 18.6 Å². The van der Waals surface area contributed by atoms with Gasteiger partial charge in [0.25, 0.3) is 0 Å². The number of likely N-dealkylation sites (N-methyl/N-ethyl adjacent to an activating group) is 1. The lowest BCUT2D eigenvalue weighted by atomic mass is 10.0. The van der Waals surface area contributed by atoms with Gasteiger partial charge < -0.3 is 20.0 Å². The van der Waals surface area contributed by atoms with Crippen molar-refractivity contribution < 1.29 is 9.59 Å². The van der Waals surface area contributed by atoms with E-state index in [0.29, 0.717) is 18.9 Å². The standard InChI is InChI=1S/C15H22N6O2/c1-19(13-9-16-4-5-17-13)11-14(22)20-7-2-3-12(10-20)21-8-6-18-15(21)23/h4-5,9,12H,2-3,6-8,10-11H2,1H3,(H,18,23)/t12-/m1/s1. The highest BCUT2D eigenvalue weighted by molar-refractivity contribution is 5.81. The first-order valence-electron chi connectivity index (χ1n) is 7.94. The molecule has 8 heteroatoms. The first-order valence-corrected chi connectivity index (χ1v) is 7.94. The zero-order valence-corrected chi connectivity index (χ0v) is 13.3. The second-order valence-corrected chi connectivity index (χ2v) is 5.98. The van der Waals surface area contributed by atoms with Crippen LogP contribution in [0, 0.1) is 0 Å². The quantitative estimate of drug-likeness (QED) is 0.840. The third kappa shape index (κ3) is 3.52. The number of carbonyl (C=O) groups is 2. The predicted molar refractivity (Wildman–Crippen MR) is 85.0 cm³/mol. The lowest BCUT2D eigenvalue weighted by molar-refractivity contribution is -0.131. The number of likely N-dealkylation sites (tertiary alicyclic amines) is 1. The van der Waals surface area contributed by atoms with E-state index in [-0.39, 0.29) is 24.5 Å². The number of hydrogen-bond donors (Lipinski definition) is 1.